The van der Waals surface area contributed by atoms with Crippen LogP contribution in [0.25, 0.3) is 0 Å². The topological polar surface area (TPSA) is 119 Å². The van der Waals surface area contributed by atoms with Crippen molar-refractivity contribution < 1.29 is 21.3 Å². The third kappa shape index (κ3) is 7.39. The van der Waals surface area contributed by atoms with Gasteiger partial charge in [-0.1, -0.05) is 48.8 Å². The highest BCUT2D eigenvalue weighted by molar-refractivity contribution is 7.90. The van der Waals surface area contributed by atoms with Crippen molar-refractivity contribution in [2.75, 3.05) is 12.3 Å². The van der Waals surface area contributed by atoms with Gasteiger partial charge in [0.2, 0.25) is 25.8 Å². The van der Waals surface area contributed by atoms with E-state index in [1.807, 2.05) is 13.0 Å². The smallest absolute Gasteiger partial charge is 0.335 e. The SMILES string of the molecule is CCCS(=O)(=O)NCCCCCc1nnc(S(=O)(=O)Cc2ccccc2)o1. The lowest BCUT2D eigenvalue weighted by Crippen LogP contribution is -2.27. The van der Waals surface area contributed by atoms with Gasteiger partial charge in [0.15, 0.2) is 0 Å². The molecule has 0 aliphatic carbocycles. The second-order valence-corrected chi connectivity index (χ2v) is 10.0. The van der Waals surface area contributed by atoms with Gasteiger partial charge in [0, 0.05) is 13.0 Å². The number of hydrogen-bond donors (Lipinski definition) is 1. The number of sulfone groups is 1. The zero-order valence-electron chi connectivity index (χ0n) is 15.3. The largest absolute Gasteiger partial charge is 0.413 e. The van der Waals surface area contributed by atoms with Crippen molar-refractivity contribution in [2.24, 2.45) is 0 Å². The zero-order valence-corrected chi connectivity index (χ0v) is 16.9. The first-order valence-corrected chi connectivity index (χ1v) is 12.2. The summed E-state index contributed by atoms with van der Waals surface area (Å²) in [5, 5.41) is 7.09. The lowest BCUT2D eigenvalue weighted by atomic mass is 10.2. The van der Waals surface area contributed by atoms with Crippen LogP contribution in [0.1, 0.15) is 44.1 Å². The molecule has 27 heavy (non-hydrogen) atoms. The van der Waals surface area contributed by atoms with Gasteiger partial charge in [0.25, 0.3) is 0 Å². The summed E-state index contributed by atoms with van der Waals surface area (Å²) < 4.78 is 55.5. The van der Waals surface area contributed by atoms with Crippen molar-refractivity contribution in [3.63, 3.8) is 0 Å². The molecule has 10 heteroatoms. The number of hydrogen-bond acceptors (Lipinski definition) is 7. The Labute approximate surface area is 160 Å². The Morgan fingerprint density at radius 3 is 2.44 bits per heavy atom. The van der Waals surface area contributed by atoms with E-state index in [0.29, 0.717) is 37.8 Å². The molecule has 0 saturated carbocycles. The lowest BCUT2D eigenvalue weighted by molar-refractivity contribution is 0.391. The van der Waals surface area contributed by atoms with Crippen molar-refractivity contribution in [3.8, 4) is 0 Å². The van der Waals surface area contributed by atoms with E-state index in [9.17, 15) is 16.8 Å². The number of nitrogens with zero attached hydrogens (tertiary/aromatic N) is 2. The highest BCUT2D eigenvalue weighted by Crippen LogP contribution is 2.16. The van der Waals surface area contributed by atoms with Gasteiger partial charge in [-0.15, -0.1) is 5.10 Å². The van der Waals surface area contributed by atoms with Crippen molar-refractivity contribution in [1.29, 1.82) is 0 Å². The Morgan fingerprint density at radius 1 is 1.00 bits per heavy atom. The molecular weight excluding hydrogens is 390 g/mol. The second-order valence-electron chi connectivity index (χ2n) is 6.23. The van der Waals surface area contributed by atoms with E-state index in [1.165, 1.54) is 0 Å². The Bertz CT molecular complexity index is 909. The third-order valence-corrected chi connectivity index (χ3v) is 6.78. The van der Waals surface area contributed by atoms with Crippen molar-refractivity contribution in [3.05, 3.63) is 41.8 Å². The molecule has 0 fully saturated rings. The number of benzene rings is 1. The van der Waals surface area contributed by atoms with Gasteiger partial charge in [-0.25, -0.2) is 21.6 Å². The lowest BCUT2D eigenvalue weighted by Gasteiger charge is -2.04. The highest BCUT2D eigenvalue weighted by Gasteiger charge is 2.22. The van der Waals surface area contributed by atoms with Crippen LogP contribution in [0, 0.1) is 0 Å². The molecule has 0 unspecified atom stereocenters. The molecule has 150 valence electrons. The first-order chi connectivity index (χ1) is 12.8. The molecule has 2 aromatic rings. The molecule has 0 radical (unpaired) electrons. The molecule has 1 aromatic heterocycles. The van der Waals surface area contributed by atoms with Gasteiger partial charge in [0.1, 0.15) is 0 Å². The predicted molar refractivity (Wildman–Crippen MR) is 101 cm³/mol. The van der Waals surface area contributed by atoms with Gasteiger partial charge in [-0.3, -0.25) is 0 Å². The first-order valence-electron chi connectivity index (χ1n) is 8.89. The zero-order chi connectivity index (χ0) is 19.8. The molecule has 2 rings (SSSR count). The Morgan fingerprint density at radius 2 is 1.74 bits per heavy atom. The minimum absolute atomic E-state index is 0.134. The molecular formula is C17H25N3O5S2. The molecule has 1 heterocycles. The van der Waals surface area contributed by atoms with Gasteiger partial charge < -0.3 is 4.42 Å². The number of unbranched alkanes of at least 4 members (excludes halogenated alkanes) is 2. The standard InChI is InChI=1S/C17H25N3O5S2/c1-2-13-27(23,24)18-12-8-4-7-11-16-19-20-17(25-16)26(21,22)14-15-9-5-3-6-10-15/h3,5-6,9-10,18H,2,4,7-8,11-14H2,1H3. The minimum Gasteiger partial charge on any atom is -0.413 e. The van der Waals surface area contributed by atoms with Crippen LogP contribution in [0.2, 0.25) is 0 Å². The highest BCUT2D eigenvalue weighted by atomic mass is 32.2. The molecule has 0 spiro atoms. The van der Waals surface area contributed by atoms with Gasteiger partial charge in [0.05, 0.1) is 11.5 Å². The summed E-state index contributed by atoms with van der Waals surface area (Å²) in [5.74, 6) is 0.218. The average molecular weight is 416 g/mol. The summed E-state index contributed by atoms with van der Waals surface area (Å²) in [7, 11) is -6.84. The molecule has 0 aliphatic rings. The Kier molecular flexibility index (Phi) is 7.93. The molecule has 0 bridgehead atoms. The third-order valence-electron chi connectivity index (χ3n) is 3.78. The van der Waals surface area contributed by atoms with Crippen molar-refractivity contribution in [2.45, 2.75) is 50.0 Å². The molecule has 1 N–H and O–H groups in total. The van der Waals surface area contributed by atoms with E-state index < -0.39 is 19.9 Å². The number of rotatable bonds is 12. The number of nitrogens with one attached hydrogen (secondary N) is 1. The molecule has 0 saturated heterocycles. The van der Waals surface area contributed by atoms with Gasteiger partial charge >= 0.3 is 5.22 Å². The number of aryl methyl sites for hydroxylation is 1. The van der Waals surface area contributed by atoms with Crippen LogP contribution in [0.3, 0.4) is 0 Å². The van der Waals surface area contributed by atoms with E-state index in [-0.39, 0.29) is 22.6 Å². The predicted octanol–water partition coefficient (Wildman–Crippen LogP) is 2.09. The van der Waals surface area contributed by atoms with E-state index in [0.717, 1.165) is 6.42 Å². The van der Waals surface area contributed by atoms with Crippen LogP contribution in [-0.2, 0) is 32.0 Å². The number of aromatic nitrogens is 2. The van der Waals surface area contributed by atoms with Crippen LogP contribution in [0.5, 0.6) is 0 Å². The summed E-state index contributed by atoms with van der Waals surface area (Å²) in [6.45, 7) is 2.21. The van der Waals surface area contributed by atoms with E-state index in [4.69, 9.17) is 4.42 Å². The van der Waals surface area contributed by atoms with E-state index in [1.54, 1.807) is 24.3 Å². The summed E-state index contributed by atoms with van der Waals surface area (Å²) in [5.41, 5.74) is 0.655. The summed E-state index contributed by atoms with van der Waals surface area (Å²) >= 11 is 0. The Hall–Kier alpha value is -1.78. The quantitative estimate of drug-likeness (QED) is 0.527. The summed E-state index contributed by atoms with van der Waals surface area (Å²) in [6.07, 6.45) is 3.20. The molecule has 0 amide bonds. The fourth-order valence-electron chi connectivity index (χ4n) is 2.47. The monoisotopic (exact) mass is 415 g/mol. The van der Waals surface area contributed by atoms with Crippen LogP contribution >= 0.6 is 0 Å². The Balaban J connectivity index is 1.76. The molecule has 8 nitrogen and oxygen atoms in total. The number of sulfonamides is 1. The fraction of sp³-hybridized carbons (Fsp3) is 0.529. The van der Waals surface area contributed by atoms with Crippen LogP contribution < -0.4 is 4.72 Å². The maximum absolute atomic E-state index is 12.3. The summed E-state index contributed by atoms with van der Waals surface area (Å²) in [6, 6.07) is 8.81. The average Bonchev–Trinajstić information content (AvgIpc) is 3.08. The minimum atomic E-state index is -3.67. The molecule has 0 aliphatic heterocycles. The summed E-state index contributed by atoms with van der Waals surface area (Å²) in [4.78, 5) is 0. The van der Waals surface area contributed by atoms with E-state index in [2.05, 4.69) is 14.9 Å². The second kappa shape index (κ2) is 9.95. The van der Waals surface area contributed by atoms with Crippen LogP contribution in [0.15, 0.2) is 40.0 Å². The van der Waals surface area contributed by atoms with Crippen molar-refractivity contribution in [1.82, 2.24) is 14.9 Å². The first kappa shape index (κ1) is 21.5. The fourth-order valence-corrected chi connectivity index (χ4v) is 4.75. The molecule has 1 aromatic carbocycles. The molecule has 0 atom stereocenters. The van der Waals surface area contributed by atoms with Crippen molar-refractivity contribution >= 4 is 19.9 Å². The maximum atomic E-state index is 12.3. The van der Waals surface area contributed by atoms with E-state index >= 15 is 0 Å². The maximum Gasteiger partial charge on any atom is 0.335 e. The van der Waals surface area contributed by atoms with Gasteiger partial charge in [-0.2, -0.15) is 0 Å². The normalized spacial score (nSPS) is 12.3. The van der Waals surface area contributed by atoms with Gasteiger partial charge in [-0.05, 0) is 24.8 Å². The van der Waals surface area contributed by atoms with Crippen LogP contribution in [0.4, 0.5) is 0 Å². The van der Waals surface area contributed by atoms with Crippen LogP contribution in [-0.4, -0.2) is 39.3 Å².